The van der Waals surface area contributed by atoms with E-state index in [-0.39, 0.29) is 11.4 Å². The van der Waals surface area contributed by atoms with Crippen LogP contribution < -0.4 is 5.32 Å². The fraction of sp³-hybridized carbons (Fsp3) is 0.308. The molecule has 0 saturated carbocycles. The van der Waals surface area contributed by atoms with Gasteiger partial charge in [0.15, 0.2) is 5.78 Å². The maximum atomic E-state index is 11.9. The van der Waals surface area contributed by atoms with Gasteiger partial charge in [-0.25, -0.2) is 4.98 Å². The predicted octanol–water partition coefficient (Wildman–Crippen LogP) is 2.52. The van der Waals surface area contributed by atoms with E-state index in [1.165, 1.54) is 6.20 Å². The normalized spacial score (nSPS) is 11.8. The van der Waals surface area contributed by atoms with E-state index in [9.17, 15) is 4.79 Å². The number of carbonyl (C=O) groups is 1. The summed E-state index contributed by atoms with van der Waals surface area (Å²) in [6.07, 6.45) is 3.03. The number of nitrogens with zero attached hydrogens (tertiary/aromatic N) is 2. The number of nitriles is 1. The van der Waals surface area contributed by atoms with E-state index in [2.05, 4.69) is 10.3 Å². The Balaban J connectivity index is 2.84. The molecule has 1 aromatic rings. The van der Waals surface area contributed by atoms with Crippen LogP contribution in [0.15, 0.2) is 36.2 Å². The molecule has 0 aliphatic carbocycles. The molecule has 4 nitrogen and oxygen atoms in total. The number of hydrogen-bond donors (Lipinski definition) is 1. The van der Waals surface area contributed by atoms with E-state index in [1.54, 1.807) is 39.1 Å². The van der Waals surface area contributed by atoms with Gasteiger partial charge in [0.1, 0.15) is 17.5 Å². The molecule has 1 N–H and O–H groups in total. The second-order valence-corrected chi connectivity index (χ2v) is 4.61. The molecule has 0 spiro atoms. The number of allylic oxidation sites excluding steroid dienone is 1. The van der Waals surface area contributed by atoms with Gasteiger partial charge in [-0.15, -0.1) is 0 Å². The molecule has 0 unspecified atom stereocenters. The van der Waals surface area contributed by atoms with E-state index in [4.69, 9.17) is 5.26 Å². The summed E-state index contributed by atoms with van der Waals surface area (Å²) in [6, 6.07) is 7.27. The van der Waals surface area contributed by atoms with E-state index in [0.717, 1.165) is 0 Å². The SMILES string of the molecule is CC(C)(C)C(=O)/C(C#N)=C/Nc1ccccn1. The molecule has 0 fully saturated rings. The summed E-state index contributed by atoms with van der Waals surface area (Å²) < 4.78 is 0. The van der Waals surface area contributed by atoms with Gasteiger partial charge in [0, 0.05) is 17.8 Å². The van der Waals surface area contributed by atoms with E-state index < -0.39 is 5.41 Å². The summed E-state index contributed by atoms with van der Waals surface area (Å²) in [5, 5.41) is 11.8. The standard InChI is InChI=1S/C13H15N3O/c1-13(2,3)12(17)10(8-14)9-16-11-6-4-5-7-15-11/h4-7,9H,1-3H3,(H,15,16)/b10-9+. The van der Waals surface area contributed by atoms with Crippen molar-refractivity contribution >= 4 is 11.6 Å². The quantitative estimate of drug-likeness (QED) is 0.639. The fourth-order valence-electron chi connectivity index (χ4n) is 1.15. The zero-order valence-electron chi connectivity index (χ0n) is 10.2. The first-order valence-corrected chi connectivity index (χ1v) is 5.28. The molecule has 17 heavy (non-hydrogen) atoms. The van der Waals surface area contributed by atoms with Crippen molar-refractivity contribution in [3.8, 4) is 6.07 Å². The fourth-order valence-corrected chi connectivity index (χ4v) is 1.15. The second-order valence-electron chi connectivity index (χ2n) is 4.61. The first kappa shape index (κ1) is 12.9. The van der Waals surface area contributed by atoms with E-state index >= 15 is 0 Å². The molecule has 0 bridgehead atoms. The average Bonchev–Trinajstić information content (AvgIpc) is 2.30. The molecule has 0 saturated heterocycles. The zero-order chi connectivity index (χ0) is 12.9. The summed E-state index contributed by atoms with van der Waals surface area (Å²) in [7, 11) is 0. The van der Waals surface area contributed by atoms with Crippen LogP contribution in [-0.4, -0.2) is 10.8 Å². The summed E-state index contributed by atoms with van der Waals surface area (Å²) in [5.74, 6) is 0.408. The largest absolute Gasteiger partial charge is 0.345 e. The zero-order valence-corrected chi connectivity index (χ0v) is 10.2. The number of Topliss-reactive ketones (excluding diaryl/α,β-unsaturated/α-hetero) is 1. The van der Waals surface area contributed by atoms with Crippen molar-refractivity contribution in [3.05, 3.63) is 36.2 Å². The number of carbonyl (C=O) groups excluding carboxylic acids is 1. The van der Waals surface area contributed by atoms with Gasteiger partial charge in [0.25, 0.3) is 0 Å². The highest BCUT2D eigenvalue weighted by Gasteiger charge is 2.24. The van der Waals surface area contributed by atoms with Crippen LogP contribution in [0.2, 0.25) is 0 Å². The van der Waals surface area contributed by atoms with Crippen molar-refractivity contribution in [2.24, 2.45) is 5.41 Å². The number of nitrogens with one attached hydrogen (secondary N) is 1. The van der Waals surface area contributed by atoms with Crippen LogP contribution >= 0.6 is 0 Å². The molecule has 4 heteroatoms. The van der Waals surface area contributed by atoms with Crippen LogP contribution in [0.4, 0.5) is 5.82 Å². The first-order chi connectivity index (χ1) is 7.95. The van der Waals surface area contributed by atoms with Gasteiger partial charge in [0.05, 0.1) is 0 Å². The van der Waals surface area contributed by atoms with Crippen molar-refractivity contribution in [1.82, 2.24) is 4.98 Å². The van der Waals surface area contributed by atoms with Crippen LogP contribution in [0.3, 0.4) is 0 Å². The van der Waals surface area contributed by atoms with Crippen molar-refractivity contribution < 1.29 is 4.79 Å². The number of pyridine rings is 1. The summed E-state index contributed by atoms with van der Waals surface area (Å²) >= 11 is 0. The molecule has 0 radical (unpaired) electrons. The summed E-state index contributed by atoms with van der Waals surface area (Å²) in [6.45, 7) is 5.34. The molecular formula is C13H15N3O. The Morgan fingerprint density at radius 3 is 2.65 bits per heavy atom. The van der Waals surface area contributed by atoms with Gasteiger partial charge in [-0.05, 0) is 12.1 Å². The van der Waals surface area contributed by atoms with E-state index in [1.807, 2.05) is 12.1 Å². The Morgan fingerprint density at radius 1 is 1.47 bits per heavy atom. The highest BCUT2D eigenvalue weighted by atomic mass is 16.1. The Bertz CT molecular complexity index is 464. The number of rotatable bonds is 3. The third kappa shape index (κ3) is 3.72. The first-order valence-electron chi connectivity index (χ1n) is 5.28. The van der Waals surface area contributed by atoms with Crippen molar-refractivity contribution in [3.63, 3.8) is 0 Å². The third-order valence-corrected chi connectivity index (χ3v) is 2.08. The highest BCUT2D eigenvalue weighted by molar-refractivity contribution is 6.02. The molecule has 0 amide bonds. The molecule has 0 aromatic carbocycles. The lowest BCUT2D eigenvalue weighted by Crippen LogP contribution is -2.22. The Labute approximate surface area is 101 Å². The van der Waals surface area contributed by atoms with Crippen LogP contribution in [-0.2, 0) is 4.79 Å². The predicted molar refractivity (Wildman–Crippen MR) is 66.0 cm³/mol. The molecule has 0 aliphatic heterocycles. The lowest BCUT2D eigenvalue weighted by atomic mass is 9.87. The Morgan fingerprint density at radius 2 is 2.18 bits per heavy atom. The molecule has 1 heterocycles. The molecule has 0 atom stereocenters. The van der Waals surface area contributed by atoms with Crippen LogP contribution in [0.5, 0.6) is 0 Å². The van der Waals surface area contributed by atoms with Crippen molar-refractivity contribution in [2.75, 3.05) is 5.32 Å². The maximum absolute atomic E-state index is 11.9. The van der Waals surface area contributed by atoms with Crippen molar-refractivity contribution in [2.45, 2.75) is 20.8 Å². The lowest BCUT2D eigenvalue weighted by molar-refractivity contribution is -0.122. The van der Waals surface area contributed by atoms with Gasteiger partial charge in [0.2, 0.25) is 0 Å². The van der Waals surface area contributed by atoms with Gasteiger partial charge < -0.3 is 5.32 Å². The van der Waals surface area contributed by atoms with Gasteiger partial charge in [-0.2, -0.15) is 5.26 Å². The Kier molecular flexibility index (Phi) is 4.00. The number of ketones is 1. The number of aromatic nitrogens is 1. The minimum Gasteiger partial charge on any atom is -0.345 e. The molecule has 1 aromatic heterocycles. The smallest absolute Gasteiger partial charge is 0.180 e. The topological polar surface area (TPSA) is 65.8 Å². The lowest BCUT2D eigenvalue weighted by Gasteiger charge is -2.15. The van der Waals surface area contributed by atoms with Gasteiger partial charge in [-0.3, -0.25) is 4.79 Å². The molecular weight excluding hydrogens is 214 g/mol. The van der Waals surface area contributed by atoms with Crippen molar-refractivity contribution in [1.29, 1.82) is 5.26 Å². The third-order valence-electron chi connectivity index (χ3n) is 2.08. The van der Waals surface area contributed by atoms with Gasteiger partial charge >= 0.3 is 0 Å². The van der Waals surface area contributed by atoms with Gasteiger partial charge in [-0.1, -0.05) is 26.8 Å². The monoisotopic (exact) mass is 229 g/mol. The number of hydrogen-bond acceptors (Lipinski definition) is 4. The minimum absolute atomic E-state index is 0.100. The van der Waals surface area contributed by atoms with Crippen LogP contribution in [0.25, 0.3) is 0 Å². The molecule has 0 aliphatic rings. The minimum atomic E-state index is -0.562. The molecule has 88 valence electrons. The van der Waals surface area contributed by atoms with Crippen LogP contribution in [0.1, 0.15) is 20.8 Å². The van der Waals surface area contributed by atoms with E-state index in [0.29, 0.717) is 5.82 Å². The highest BCUT2D eigenvalue weighted by Crippen LogP contribution is 2.19. The van der Waals surface area contributed by atoms with Crippen LogP contribution in [0, 0.1) is 16.7 Å². The average molecular weight is 229 g/mol. The second kappa shape index (κ2) is 5.26. The Hall–Kier alpha value is -2.15. The maximum Gasteiger partial charge on any atom is 0.180 e. The molecule has 1 rings (SSSR count). The summed E-state index contributed by atoms with van der Waals surface area (Å²) in [4.78, 5) is 15.9. The number of anilines is 1. The summed E-state index contributed by atoms with van der Waals surface area (Å²) in [5.41, 5.74) is -0.462.